The Balaban J connectivity index is 2.83. The number of rotatable bonds is 7. The molecule has 0 amide bonds. The van der Waals surface area contributed by atoms with E-state index >= 15 is 0 Å². The van der Waals surface area contributed by atoms with E-state index in [1.54, 1.807) is 23.9 Å². The summed E-state index contributed by atoms with van der Waals surface area (Å²) in [5.74, 6) is 1.02. The molecule has 0 unspecified atom stereocenters. The Morgan fingerprint density at radius 1 is 1.42 bits per heavy atom. The first-order valence-electron chi connectivity index (χ1n) is 5.96. The van der Waals surface area contributed by atoms with Crippen LogP contribution in [-0.4, -0.2) is 32.8 Å². The van der Waals surface area contributed by atoms with Crippen LogP contribution in [0.1, 0.15) is 24.2 Å². The van der Waals surface area contributed by atoms with Crippen molar-refractivity contribution in [2.24, 2.45) is 5.92 Å². The van der Waals surface area contributed by atoms with Crippen LogP contribution >= 0.6 is 11.8 Å². The minimum absolute atomic E-state index is 0.136. The molecule has 0 saturated heterocycles. The molecule has 1 aromatic carbocycles. The summed E-state index contributed by atoms with van der Waals surface area (Å²) in [6, 6.07) is 6.09. The lowest BCUT2D eigenvalue weighted by Crippen LogP contribution is -2.29. The van der Waals surface area contributed by atoms with Crippen molar-refractivity contribution in [2.75, 3.05) is 18.6 Å². The van der Waals surface area contributed by atoms with E-state index < -0.39 is 10.0 Å². The first-order chi connectivity index (χ1) is 8.86. The van der Waals surface area contributed by atoms with Gasteiger partial charge in [-0.25, -0.2) is 13.1 Å². The van der Waals surface area contributed by atoms with Gasteiger partial charge in [0.15, 0.2) is 5.78 Å². The summed E-state index contributed by atoms with van der Waals surface area (Å²) in [7, 11) is -3.54. The Labute approximate surface area is 119 Å². The fraction of sp³-hybridized carbons (Fsp3) is 0.462. The average molecular weight is 301 g/mol. The largest absolute Gasteiger partial charge is 0.295 e. The van der Waals surface area contributed by atoms with Crippen LogP contribution in [0.2, 0.25) is 0 Å². The van der Waals surface area contributed by atoms with Gasteiger partial charge >= 0.3 is 0 Å². The second kappa shape index (κ2) is 7.07. The molecule has 1 atom stereocenters. The maximum absolute atomic E-state index is 12.1. The molecule has 0 aliphatic heterocycles. The summed E-state index contributed by atoms with van der Waals surface area (Å²) in [5.41, 5.74) is 0.403. The standard InChI is InChI=1S/C13H19NO3S2/c1-10(9-18-3)8-14-19(16,17)13-6-4-5-12(7-13)11(2)15/h4-7,10,14H,8-9H2,1-3H3/t10-/m0/s1. The molecule has 0 aliphatic carbocycles. The Morgan fingerprint density at radius 3 is 2.68 bits per heavy atom. The van der Waals surface area contributed by atoms with Crippen molar-refractivity contribution in [3.63, 3.8) is 0 Å². The summed E-state index contributed by atoms with van der Waals surface area (Å²) >= 11 is 1.68. The lowest BCUT2D eigenvalue weighted by Gasteiger charge is -2.12. The number of carbonyl (C=O) groups excluding carboxylic acids is 1. The topological polar surface area (TPSA) is 63.2 Å². The van der Waals surface area contributed by atoms with E-state index in [0.29, 0.717) is 12.1 Å². The first-order valence-corrected chi connectivity index (χ1v) is 8.84. The zero-order valence-electron chi connectivity index (χ0n) is 11.3. The third-order valence-corrected chi connectivity index (χ3v) is 4.95. The zero-order chi connectivity index (χ0) is 14.5. The van der Waals surface area contributed by atoms with Gasteiger partial charge in [0.1, 0.15) is 0 Å². The van der Waals surface area contributed by atoms with Gasteiger partial charge in [-0.05, 0) is 37.0 Å². The van der Waals surface area contributed by atoms with E-state index in [0.717, 1.165) is 5.75 Å². The number of nitrogens with one attached hydrogen (secondary N) is 1. The van der Waals surface area contributed by atoms with Gasteiger partial charge in [-0.1, -0.05) is 19.1 Å². The molecule has 1 rings (SSSR count). The fourth-order valence-corrected chi connectivity index (χ4v) is 3.46. The molecule has 0 saturated carbocycles. The summed E-state index contributed by atoms with van der Waals surface area (Å²) < 4.78 is 26.7. The van der Waals surface area contributed by atoms with E-state index in [9.17, 15) is 13.2 Å². The second-order valence-corrected chi connectivity index (χ2v) is 7.17. The molecule has 1 N–H and O–H groups in total. The van der Waals surface area contributed by atoms with Crippen molar-refractivity contribution >= 4 is 27.6 Å². The molecular weight excluding hydrogens is 282 g/mol. The van der Waals surface area contributed by atoms with Gasteiger partial charge < -0.3 is 0 Å². The van der Waals surface area contributed by atoms with Crippen LogP contribution in [-0.2, 0) is 10.0 Å². The molecule has 19 heavy (non-hydrogen) atoms. The van der Waals surface area contributed by atoms with Crippen LogP contribution in [0.4, 0.5) is 0 Å². The molecule has 0 heterocycles. The number of hydrogen-bond donors (Lipinski definition) is 1. The summed E-state index contributed by atoms with van der Waals surface area (Å²) in [6.07, 6.45) is 1.99. The van der Waals surface area contributed by atoms with Gasteiger partial charge in [-0.15, -0.1) is 0 Å². The van der Waals surface area contributed by atoms with E-state index in [-0.39, 0.29) is 16.6 Å². The highest BCUT2D eigenvalue weighted by atomic mass is 32.2. The number of ketones is 1. The summed E-state index contributed by atoms with van der Waals surface area (Å²) in [6.45, 7) is 3.80. The van der Waals surface area contributed by atoms with Gasteiger partial charge in [-0.3, -0.25) is 4.79 Å². The van der Waals surface area contributed by atoms with E-state index in [4.69, 9.17) is 0 Å². The molecular formula is C13H19NO3S2. The number of benzene rings is 1. The molecule has 1 aromatic rings. The second-order valence-electron chi connectivity index (χ2n) is 4.50. The molecule has 4 nitrogen and oxygen atoms in total. The summed E-state index contributed by atoms with van der Waals surface area (Å²) in [5, 5.41) is 0. The van der Waals surface area contributed by atoms with Crippen LogP contribution in [0.15, 0.2) is 29.2 Å². The Morgan fingerprint density at radius 2 is 2.11 bits per heavy atom. The van der Waals surface area contributed by atoms with Gasteiger partial charge in [0.25, 0.3) is 0 Å². The predicted octanol–water partition coefficient (Wildman–Crippen LogP) is 2.17. The van der Waals surface area contributed by atoms with Crippen molar-refractivity contribution in [1.82, 2.24) is 4.72 Å². The quantitative estimate of drug-likeness (QED) is 0.784. The fourth-order valence-electron chi connectivity index (χ4n) is 1.56. The molecule has 0 spiro atoms. The van der Waals surface area contributed by atoms with Crippen LogP contribution in [0.5, 0.6) is 0 Å². The van der Waals surface area contributed by atoms with Gasteiger partial charge in [-0.2, -0.15) is 11.8 Å². The van der Waals surface area contributed by atoms with Gasteiger partial charge in [0.2, 0.25) is 10.0 Å². The highest BCUT2D eigenvalue weighted by Gasteiger charge is 2.16. The van der Waals surface area contributed by atoms with Crippen LogP contribution in [0.25, 0.3) is 0 Å². The highest BCUT2D eigenvalue weighted by molar-refractivity contribution is 7.98. The van der Waals surface area contributed by atoms with Crippen LogP contribution < -0.4 is 4.72 Å². The van der Waals surface area contributed by atoms with Gasteiger partial charge in [0, 0.05) is 12.1 Å². The van der Waals surface area contributed by atoms with Crippen LogP contribution in [0, 0.1) is 5.92 Å². The lowest BCUT2D eigenvalue weighted by molar-refractivity contribution is 0.101. The van der Waals surface area contributed by atoms with Crippen molar-refractivity contribution in [2.45, 2.75) is 18.7 Å². The van der Waals surface area contributed by atoms with Crippen molar-refractivity contribution in [1.29, 1.82) is 0 Å². The Bertz CT molecular complexity index is 541. The van der Waals surface area contributed by atoms with E-state index in [1.807, 2.05) is 13.2 Å². The molecule has 0 radical (unpaired) electrons. The number of sulfonamides is 1. The van der Waals surface area contributed by atoms with Crippen molar-refractivity contribution in [3.8, 4) is 0 Å². The lowest BCUT2D eigenvalue weighted by atomic mass is 10.2. The Hall–Kier alpha value is -0.850. The predicted molar refractivity (Wildman–Crippen MR) is 79.2 cm³/mol. The molecule has 0 fully saturated rings. The normalized spacial score (nSPS) is 13.2. The van der Waals surface area contributed by atoms with Gasteiger partial charge in [0.05, 0.1) is 4.90 Å². The maximum atomic E-state index is 12.1. The van der Waals surface area contributed by atoms with Crippen LogP contribution in [0.3, 0.4) is 0 Å². The average Bonchev–Trinajstić information content (AvgIpc) is 2.37. The van der Waals surface area contributed by atoms with E-state index in [2.05, 4.69) is 4.72 Å². The van der Waals surface area contributed by atoms with Crippen molar-refractivity contribution in [3.05, 3.63) is 29.8 Å². The first kappa shape index (κ1) is 16.2. The van der Waals surface area contributed by atoms with Crippen molar-refractivity contribution < 1.29 is 13.2 Å². The number of thioether (sulfide) groups is 1. The maximum Gasteiger partial charge on any atom is 0.240 e. The summed E-state index contributed by atoms with van der Waals surface area (Å²) in [4.78, 5) is 11.4. The Kier molecular flexibility index (Phi) is 6.03. The molecule has 6 heteroatoms. The zero-order valence-corrected chi connectivity index (χ0v) is 13.0. The minimum atomic E-state index is -3.54. The molecule has 0 bridgehead atoms. The molecule has 0 aromatic heterocycles. The third-order valence-electron chi connectivity index (χ3n) is 2.62. The minimum Gasteiger partial charge on any atom is -0.295 e. The monoisotopic (exact) mass is 301 g/mol. The SMILES string of the molecule is CSC[C@@H](C)CNS(=O)(=O)c1cccc(C(C)=O)c1. The number of carbonyl (C=O) groups is 1. The number of Topliss-reactive ketones (excluding diaryl/α,β-unsaturated/α-hetero) is 1. The molecule has 0 aliphatic rings. The molecule has 106 valence electrons. The third kappa shape index (κ3) is 4.97. The smallest absolute Gasteiger partial charge is 0.240 e. The number of hydrogen-bond acceptors (Lipinski definition) is 4. The highest BCUT2D eigenvalue weighted by Crippen LogP contribution is 2.12. The van der Waals surface area contributed by atoms with E-state index in [1.165, 1.54) is 19.1 Å².